The van der Waals surface area contributed by atoms with Crippen LogP contribution in [-0.4, -0.2) is 100 Å². The van der Waals surface area contributed by atoms with Crippen LogP contribution in [0.2, 0.25) is 0 Å². The second-order valence-electron chi connectivity index (χ2n) is 27.8. The summed E-state index contributed by atoms with van der Waals surface area (Å²) in [5.74, 6) is -0.154. The van der Waals surface area contributed by atoms with E-state index in [4.69, 9.17) is 14.2 Å². The number of carbonyl (C=O) groups excluding carboxylic acids is 2. The average molecular weight is 1260 g/mol. The molecule has 528 valence electrons. The van der Waals surface area contributed by atoms with Gasteiger partial charge in [-0.05, 0) is 32.1 Å². The van der Waals surface area contributed by atoms with Gasteiger partial charge in [-0.3, -0.25) is 9.59 Å². The predicted octanol–water partition coefficient (Wildman–Crippen LogP) is 21.0. The molecule has 7 atom stereocenters. The summed E-state index contributed by atoms with van der Waals surface area (Å²) in [5, 5.41) is 54.5. The van der Waals surface area contributed by atoms with Crippen LogP contribution in [0.5, 0.6) is 0 Å². The second-order valence-corrected chi connectivity index (χ2v) is 27.8. The monoisotopic (exact) mass is 1260 g/mol. The van der Waals surface area contributed by atoms with E-state index in [1.165, 1.54) is 334 Å². The molecule has 1 saturated heterocycles. The molecule has 1 fully saturated rings. The summed E-state index contributed by atoms with van der Waals surface area (Å²) in [6.07, 6.45) is 75.3. The number of amides is 1. The first-order chi connectivity index (χ1) is 43.7. The highest BCUT2D eigenvalue weighted by Crippen LogP contribution is 2.24. The summed E-state index contributed by atoms with van der Waals surface area (Å²) < 4.78 is 16.8. The number of nitrogens with one attached hydrogen (secondary N) is 1. The average Bonchev–Trinajstić information content (AvgIpc) is 2.35. The summed E-state index contributed by atoms with van der Waals surface area (Å²) in [6.45, 7) is 4.40. The molecule has 0 aliphatic carbocycles. The number of carbonyl (C=O) groups is 2. The molecule has 1 heterocycles. The van der Waals surface area contributed by atoms with Gasteiger partial charge in [0.05, 0.1) is 32.0 Å². The SMILES string of the molecule is CCCCCCCCCCCC/C=C/C(O)C(COC1OC(CO)C(O)C(O)C1O)NC(=O)CCCCCCCCCCCCCCCCCCCCCCCCCCCCCCCCCCCCCCCOC(=O)CCCCCCCCCCCCCC. The lowest BCUT2D eigenvalue weighted by Crippen LogP contribution is -2.60. The fourth-order valence-electron chi connectivity index (χ4n) is 13.0. The minimum atomic E-state index is -1.57. The Balaban J connectivity index is 1.88. The lowest BCUT2D eigenvalue weighted by molar-refractivity contribution is -0.302. The van der Waals surface area contributed by atoms with Crippen molar-refractivity contribution in [2.45, 2.75) is 455 Å². The van der Waals surface area contributed by atoms with Crippen LogP contribution in [0.15, 0.2) is 12.2 Å². The zero-order valence-corrected chi connectivity index (χ0v) is 58.9. The minimum Gasteiger partial charge on any atom is -0.466 e. The maximum atomic E-state index is 13.1. The molecule has 1 amide bonds. The predicted molar refractivity (Wildman–Crippen MR) is 375 cm³/mol. The maximum absolute atomic E-state index is 13.1. The summed E-state index contributed by atoms with van der Waals surface area (Å²) in [4.78, 5) is 25.1. The van der Waals surface area contributed by atoms with Crippen LogP contribution in [0.25, 0.3) is 0 Å². The second kappa shape index (κ2) is 67.8. The van der Waals surface area contributed by atoms with Crippen molar-refractivity contribution in [2.75, 3.05) is 19.8 Å². The van der Waals surface area contributed by atoms with Crippen LogP contribution in [-0.2, 0) is 23.8 Å². The van der Waals surface area contributed by atoms with Crippen molar-refractivity contribution in [3.8, 4) is 0 Å². The van der Waals surface area contributed by atoms with Crippen molar-refractivity contribution < 1.29 is 49.3 Å². The number of rotatable bonds is 71. The Bertz CT molecular complexity index is 1480. The number of hydrogen-bond donors (Lipinski definition) is 6. The van der Waals surface area contributed by atoms with Gasteiger partial charge in [0.2, 0.25) is 5.91 Å². The van der Waals surface area contributed by atoms with E-state index in [9.17, 15) is 35.1 Å². The van der Waals surface area contributed by atoms with Crippen LogP contribution < -0.4 is 5.32 Å². The lowest BCUT2D eigenvalue weighted by Gasteiger charge is -2.40. The Labute approximate surface area is 550 Å². The van der Waals surface area contributed by atoms with Gasteiger partial charge in [0, 0.05) is 12.8 Å². The number of aliphatic hydroxyl groups excluding tert-OH is 5. The van der Waals surface area contributed by atoms with Gasteiger partial charge in [-0.15, -0.1) is 0 Å². The molecular formula is C78H151NO10. The number of unbranched alkanes of at least 4 members (excludes halogenated alkanes) is 57. The van der Waals surface area contributed by atoms with E-state index in [-0.39, 0.29) is 18.5 Å². The first kappa shape index (κ1) is 85.4. The van der Waals surface area contributed by atoms with Crippen molar-refractivity contribution in [3.05, 3.63) is 12.2 Å². The molecule has 11 nitrogen and oxygen atoms in total. The van der Waals surface area contributed by atoms with Gasteiger partial charge in [-0.25, -0.2) is 0 Å². The smallest absolute Gasteiger partial charge is 0.305 e. The molecule has 0 radical (unpaired) electrons. The third-order valence-electron chi connectivity index (χ3n) is 19.2. The van der Waals surface area contributed by atoms with Crippen LogP contribution in [0.3, 0.4) is 0 Å². The lowest BCUT2D eigenvalue weighted by atomic mass is 9.99. The Morgan fingerprint density at radius 1 is 0.404 bits per heavy atom. The van der Waals surface area contributed by atoms with Gasteiger partial charge < -0.3 is 45.1 Å². The highest BCUT2D eigenvalue weighted by molar-refractivity contribution is 5.76. The van der Waals surface area contributed by atoms with E-state index in [0.717, 1.165) is 51.4 Å². The molecule has 7 unspecified atom stereocenters. The van der Waals surface area contributed by atoms with E-state index >= 15 is 0 Å². The van der Waals surface area contributed by atoms with Gasteiger partial charge in [0.15, 0.2) is 6.29 Å². The van der Waals surface area contributed by atoms with Crippen molar-refractivity contribution in [1.29, 1.82) is 0 Å². The number of allylic oxidation sites excluding steroid dienone is 1. The summed E-state index contributed by atoms with van der Waals surface area (Å²) in [7, 11) is 0. The van der Waals surface area contributed by atoms with E-state index in [1.54, 1.807) is 6.08 Å². The Morgan fingerprint density at radius 3 is 1.04 bits per heavy atom. The standard InChI is InChI=1S/C78H151NO10/c1-3-5-7-9-11-13-15-44-48-52-56-60-64-71(81)70(69-88-78-77(86)76(85)75(84)72(68-80)89-78)79-73(82)65-61-57-53-49-45-42-40-38-36-34-32-30-28-26-24-22-20-18-17-19-21-23-25-27-29-31-33-35-37-39-41-43-47-51-55-59-63-67-87-74(83)66-62-58-54-50-46-16-14-12-10-8-6-4-2/h60,64,70-72,75-78,80-81,84-86H,3-59,61-63,65-69H2,1-2H3,(H,79,82)/b64-60+. The topological polar surface area (TPSA) is 175 Å². The van der Waals surface area contributed by atoms with Crippen LogP contribution in [0.1, 0.15) is 412 Å². The van der Waals surface area contributed by atoms with Crippen LogP contribution >= 0.6 is 0 Å². The van der Waals surface area contributed by atoms with E-state index < -0.39 is 49.5 Å². The Hall–Kier alpha value is -1.60. The van der Waals surface area contributed by atoms with Gasteiger partial charge in [0.1, 0.15) is 24.4 Å². The third kappa shape index (κ3) is 56.5. The Morgan fingerprint density at radius 2 is 0.708 bits per heavy atom. The van der Waals surface area contributed by atoms with Crippen molar-refractivity contribution in [1.82, 2.24) is 5.32 Å². The molecule has 11 heteroatoms. The largest absolute Gasteiger partial charge is 0.466 e. The fraction of sp³-hybridized carbons (Fsp3) is 0.949. The van der Waals surface area contributed by atoms with E-state index in [1.807, 2.05) is 6.08 Å². The van der Waals surface area contributed by atoms with Gasteiger partial charge in [-0.2, -0.15) is 0 Å². The molecular weight excluding hydrogens is 1110 g/mol. The Kier molecular flexibility index (Phi) is 65.1. The highest BCUT2D eigenvalue weighted by Gasteiger charge is 2.44. The van der Waals surface area contributed by atoms with Gasteiger partial charge >= 0.3 is 5.97 Å². The minimum absolute atomic E-state index is 0.0189. The molecule has 0 aromatic rings. The molecule has 0 spiro atoms. The van der Waals surface area contributed by atoms with Crippen LogP contribution in [0.4, 0.5) is 0 Å². The van der Waals surface area contributed by atoms with Crippen LogP contribution in [0, 0.1) is 0 Å². The molecule has 0 bridgehead atoms. The highest BCUT2D eigenvalue weighted by atomic mass is 16.7. The molecule has 6 N–H and O–H groups in total. The fourth-order valence-corrected chi connectivity index (χ4v) is 13.0. The molecule has 1 aliphatic rings. The summed E-state index contributed by atoms with van der Waals surface area (Å²) >= 11 is 0. The molecule has 0 aromatic heterocycles. The zero-order chi connectivity index (χ0) is 64.4. The first-order valence-electron chi connectivity index (χ1n) is 39.5. The molecule has 0 saturated carbocycles. The van der Waals surface area contributed by atoms with Crippen molar-refractivity contribution >= 4 is 11.9 Å². The summed E-state index contributed by atoms with van der Waals surface area (Å²) in [6, 6.07) is -0.804. The number of aliphatic hydroxyl groups is 5. The molecule has 0 aromatic carbocycles. The first-order valence-corrected chi connectivity index (χ1v) is 39.5. The number of hydrogen-bond acceptors (Lipinski definition) is 10. The molecule has 89 heavy (non-hydrogen) atoms. The van der Waals surface area contributed by atoms with Crippen molar-refractivity contribution in [3.63, 3.8) is 0 Å². The van der Waals surface area contributed by atoms with Gasteiger partial charge in [0.25, 0.3) is 0 Å². The third-order valence-corrected chi connectivity index (χ3v) is 19.2. The normalized spacial score (nSPS) is 17.7. The van der Waals surface area contributed by atoms with Gasteiger partial charge in [-0.1, -0.05) is 379 Å². The van der Waals surface area contributed by atoms with Crippen molar-refractivity contribution in [2.24, 2.45) is 0 Å². The quantitative estimate of drug-likeness (QED) is 0.0195. The van der Waals surface area contributed by atoms with E-state index in [0.29, 0.717) is 19.4 Å². The van der Waals surface area contributed by atoms with E-state index in [2.05, 4.69) is 19.2 Å². The zero-order valence-electron chi connectivity index (χ0n) is 58.9. The number of ether oxygens (including phenoxy) is 3. The molecule has 1 rings (SSSR count). The number of esters is 1. The molecule has 1 aliphatic heterocycles. The maximum Gasteiger partial charge on any atom is 0.305 e. The summed E-state index contributed by atoms with van der Waals surface area (Å²) in [5.41, 5.74) is 0.